The molecular weight excluding hydrogens is 336 g/mol. The van der Waals surface area contributed by atoms with Crippen LogP contribution in [0.4, 0.5) is 10.7 Å². The molecule has 0 unspecified atom stereocenters. The van der Waals surface area contributed by atoms with Crippen molar-refractivity contribution >= 4 is 33.9 Å². The van der Waals surface area contributed by atoms with Gasteiger partial charge in [-0.3, -0.25) is 4.79 Å². The lowest BCUT2D eigenvalue weighted by atomic mass is 9.97. The highest BCUT2D eigenvalue weighted by Gasteiger charge is 2.25. The molecule has 0 spiro atoms. The van der Waals surface area contributed by atoms with Crippen LogP contribution in [0.5, 0.6) is 0 Å². The Morgan fingerprint density at radius 3 is 2.92 bits per heavy atom. The first-order valence-corrected chi connectivity index (χ1v) is 9.37. The summed E-state index contributed by atoms with van der Waals surface area (Å²) >= 11 is 1.33. The summed E-state index contributed by atoms with van der Waals surface area (Å²) < 4.78 is 5.03. The number of nitrogens with zero attached hydrogens (tertiary/aromatic N) is 1. The van der Waals surface area contributed by atoms with Crippen molar-refractivity contribution in [1.29, 1.82) is 0 Å². The lowest BCUT2D eigenvalue weighted by Gasteiger charge is -2.36. The van der Waals surface area contributed by atoms with Gasteiger partial charge in [-0.2, -0.15) is 0 Å². The summed E-state index contributed by atoms with van der Waals surface area (Å²) in [5, 5.41) is 5.19. The van der Waals surface area contributed by atoms with Crippen LogP contribution in [0, 0.1) is 0 Å². The van der Waals surface area contributed by atoms with E-state index < -0.39 is 5.97 Å². The fraction of sp³-hybridized carbons (Fsp3) is 0.368. The van der Waals surface area contributed by atoms with Crippen molar-refractivity contribution in [1.82, 2.24) is 0 Å². The van der Waals surface area contributed by atoms with Crippen LogP contribution in [0.1, 0.15) is 36.2 Å². The molecule has 1 aliphatic rings. The average molecular weight is 358 g/mol. The Morgan fingerprint density at radius 1 is 1.32 bits per heavy atom. The van der Waals surface area contributed by atoms with Crippen molar-refractivity contribution in [2.24, 2.45) is 0 Å². The Balaban J connectivity index is 1.72. The summed E-state index contributed by atoms with van der Waals surface area (Å²) in [6, 6.07) is 10.2. The van der Waals surface area contributed by atoms with Crippen LogP contribution in [0.15, 0.2) is 35.7 Å². The van der Waals surface area contributed by atoms with Gasteiger partial charge in [0, 0.05) is 11.7 Å². The van der Waals surface area contributed by atoms with Crippen molar-refractivity contribution in [3.63, 3.8) is 0 Å². The maximum atomic E-state index is 12.6. The summed E-state index contributed by atoms with van der Waals surface area (Å²) in [5.74, 6) is -0.535. The van der Waals surface area contributed by atoms with Gasteiger partial charge in [-0.05, 0) is 49.8 Å². The second-order valence-corrected chi connectivity index (χ2v) is 6.99. The number of hydrogen-bond acceptors (Lipinski definition) is 5. The molecule has 2 heterocycles. The topological polar surface area (TPSA) is 58.6 Å². The van der Waals surface area contributed by atoms with Crippen LogP contribution in [0.25, 0.3) is 0 Å². The van der Waals surface area contributed by atoms with Crippen molar-refractivity contribution in [3.05, 3.63) is 46.8 Å². The molecule has 0 saturated carbocycles. The van der Waals surface area contributed by atoms with E-state index in [9.17, 15) is 9.59 Å². The van der Waals surface area contributed by atoms with E-state index in [2.05, 4.69) is 29.3 Å². The van der Waals surface area contributed by atoms with Crippen LogP contribution in [-0.4, -0.2) is 31.1 Å². The predicted octanol–water partition coefficient (Wildman–Crippen LogP) is 3.70. The maximum absolute atomic E-state index is 12.6. The third-order valence-corrected chi connectivity index (χ3v) is 5.22. The first-order valence-electron chi connectivity index (χ1n) is 8.49. The van der Waals surface area contributed by atoms with E-state index in [1.807, 2.05) is 12.1 Å². The van der Waals surface area contributed by atoms with E-state index in [0.29, 0.717) is 23.2 Å². The van der Waals surface area contributed by atoms with Crippen molar-refractivity contribution < 1.29 is 14.3 Å². The number of thiophene rings is 1. The number of anilines is 2. The van der Waals surface area contributed by atoms with Crippen LogP contribution < -0.4 is 10.2 Å². The van der Waals surface area contributed by atoms with Crippen molar-refractivity contribution in [3.8, 4) is 0 Å². The molecule has 1 atom stereocenters. The van der Waals surface area contributed by atoms with Gasteiger partial charge in [0.15, 0.2) is 0 Å². The average Bonchev–Trinajstić information content (AvgIpc) is 3.06. The zero-order valence-electron chi connectivity index (χ0n) is 14.5. The normalized spacial score (nSPS) is 16.2. The Labute approximate surface area is 151 Å². The molecule has 5 nitrogen and oxygen atoms in total. The van der Waals surface area contributed by atoms with E-state index in [1.54, 1.807) is 18.4 Å². The van der Waals surface area contributed by atoms with Gasteiger partial charge >= 0.3 is 5.97 Å². The number of hydrogen-bond donors (Lipinski definition) is 1. The first kappa shape index (κ1) is 17.5. The highest BCUT2D eigenvalue weighted by molar-refractivity contribution is 7.14. The molecular formula is C19H22N2O3S. The molecule has 2 aromatic rings. The van der Waals surface area contributed by atoms with Crippen molar-refractivity contribution in [2.45, 2.75) is 32.7 Å². The SMILES string of the molecule is CCOC(=O)c1ccsc1NC(=O)CN1c2ccccc2CC[C@@H]1C. The van der Waals surface area contributed by atoms with Gasteiger partial charge in [-0.25, -0.2) is 4.79 Å². The van der Waals surface area contributed by atoms with Gasteiger partial charge in [-0.15, -0.1) is 11.3 Å². The molecule has 1 aromatic heterocycles. The zero-order chi connectivity index (χ0) is 17.8. The number of ether oxygens (including phenoxy) is 1. The Kier molecular flexibility index (Phi) is 5.38. The van der Waals surface area contributed by atoms with E-state index in [-0.39, 0.29) is 12.5 Å². The fourth-order valence-corrected chi connectivity index (χ4v) is 3.89. The van der Waals surface area contributed by atoms with E-state index in [1.165, 1.54) is 16.9 Å². The van der Waals surface area contributed by atoms with Gasteiger partial charge in [0.2, 0.25) is 5.91 Å². The minimum Gasteiger partial charge on any atom is -0.462 e. The molecule has 1 amide bonds. The second kappa shape index (κ2) is 7.70. The minimum atomic E-state index is -0.407. The summed E-state index contributed by atoms with van der Waals surface area (Å²) in [5.41, 5.74) is 2.80. The van der Waals surface area contributed by atoms with E-state index in [4.69, 9.17) is 4.74 Å². The summed E-state index contributed by atoms with van der Waals surface area (Å²) in [6.07, 6.45) is 2.06. The quantitative estimate of drug-likeness (QED) is 0.828. The molecule has 1 aliphatic heterocycles. The third-order valence-electron chi connectivity index (χ3n) is 4.39. The largest absolute Gasteiger partial charge is 0.462 e. The molecule has 1 N–H and O–H groups in total. The Bertz CT molecular complexity index is 772. The molecule has 1 aromatic carbocycles. The standard InChI is InChI=1S/C19H22N2O3S/c1-3-24-19(23)15-10-11-25-18(15)20-17(22)12-21-13(2)8-9-14-6-4-5-7-16(14)21/h4-7,10-11,13H,3,8-9,12H2,1-2H3,(H,20,22)/t13-/m0/s1. The fourth-order valence-electron chi connectivity index (χ4n) is 3.10. The molecule has 3 rings (SSSR count). The molecule has 6 heteroatoms. The molecule has 0 fully saturated rings. The summed E-state index contributed by atoms with van der Waals surface area (Å²) in [7, 11) is 0. The molecule has 25 heavy (non-hydrogen) atoms. The number of para-hydroxylation sites is 1. The van der Waals surface area contributed by atoms with E-state index >= 15 is 0 Å². The second-order valence-electron chi connectivity index (χ2n) is 6.08. The smallest absolute Gasteiger partial charge is 0.341 e. The number of carbonyl (C=O) groups excluding carboxylic acids is 2. The molecule has 0 saturated heterocycles. The minimum absolute atomic E-state index is 0.128. The van der Waals surface area contributed by atoms with Gasteiger partial charge in [0.05, 0.1) is 18.7 Å². The highest BCUT2D eigenvalue weighted by atomic mass is 32.1. The Morgan fingerprint density at radius 2 is 2.12 bits per heavy atom. The number of benzene rings is 1. The van der Waals surface area contributed by atoms with Crippen molar-refractivity contribution in [2.75, 3.05) is 23.4 Å². The van der Waals surface area contributed by atoms with Gasteiger partial charge in [0.1, 0.15) is 5.00 Å². The number of amides is 1. The van der Waals surface area contributed by atoms with E-state index in [0.717, 1.165) is 18.5 Å². The summed E-state index contributed by atoms with van der Waals surface area (Å²) in [6.45, 7) is 4.47. The highest BCUT2D eigenvalue weighted by Crippen LogP contribution is 2.30. The lowest BCUT2D eigenvalue weighted by Crippen LogP contribution is -2.42. The number of rotatable bonds is 5. The number of esters is 1. The molecule has 0 aliphatic carbocycles. The predicted molar refractivity (Wildman–Crippen MR) is 100 cm³/mol. The number of fused-ring (bicyclic) bond motifs is 1. The van der Waals surface area contributed by atoms with Crippen LogP contribution in [-0.2, 0) is 16.0 Å². The summed E-state index contributed by atoms with van der Waals surface area (Å²) in [4.78, 5) is 26.6. The molecule has 0 bridgehead atoms. The van der Waals surface area contributed by atoms with Gasteiger partial charge < -0.3 is 15.0 Å². The zero-order valence-corrected chi connectivity index (χ0v) is 15.3. The third kappa shape index (κ3) is 3.85. The number of carbonyl (C=O) groups is 2. The number of nitrogens with one attached hydrogen (secondary N) is 1. The monoisotopic (exact) mass is 358 g/mol. The lowest BCUT2D eigenvalue weighted by molar-refractivity contribution is -0.115. The Hall–Kier alpha value is -2.34. The van der Waals surface area contributed by atoms with Gasteiger partial charge in [0.25, 0.3) is 0 Å². The molecule has 132 valence electrons. The number of aryl methyl sites for hydroxylation is 1. The molecule has 0 radical (unpaired) electrons. The van der Waals surface area contributed by atoms with Gasteiger partial charge in [-0.1, -0.05) is 18.2 Å². The first-order chi connectivity index (χ1) is 12.1. The van der Waals surface area contributed by atoms with Crippen LogP contribution >= 0.6 is 11.3 Å². The van der Waals surface area contributed by atoms with Crippen LogP contribution in [0.2, 0.25) is 0 Å². The van der Waals surface area contributed by atoms with Crippen LogP contribution in [0.3, 0.4) is 0 Å². The maximum Gasteiger partial charge on any atom is 0.341 e.